The van der Waals surface area contributed by atoms with Crippen LogP contribution >= 0.6 is 0 Å². The van der Waals surface area contributed by atoms with E-state index in [0.29, 0.717) is 29.8 Å². The third-order valence-corrected chi connectivity index (χ3v) is 3.58. The average molecular weight is 314 g/mol. The lowest BCUT2D eigenvalue weighted by atomic mass is 10.2. The maximum atomic E-state index is 13.5. The van der Waals surface area contributed by atoms with Gasteiger partial charge in [0, 0.05) is 25.3 Å². The Kier molecular flexibility index (Phi) is 4.48. The minimum absolute atomic E-state index is 0.0190. The standard InChI is InChI=1S/C18H16F2N2O/c19-14-11-16-17(12-15(14)20)22(9-4-10-23)18(21-16)8-7-13-5-2-1-3-6-13/h1-3,5-8,11-12,23H,4,9-10H2/b8-7+. The summed E-state index contributed by atoms with van der Waals surface area (Å²) < 4.78 is 28.7. The largest absolute Gasteiger partial charge is 0.396 e. The first-order valence-corrected chi connectivity index (χ1v) is 7.38. The highest BCUT2D eigenvalue weighted by Gasteiger charge is 2.12. The van der Waals surface area contributed by atoms with Crippen molar-refractivity contribution in [2.75, 3.05) is 6.61 Å². The number of imidazole rings is 1. The van der Waals surface area contributed by atoms with Gasteiger partial charge in [-0.15, -0.1) is 0 Å². The number of rotatable bonds is 5. The normalized spacial score (nSPS) is 11.6. The number of aromatic nitrogens is 2. The predicted octanol–water partition coefficient (Wildman–Crippen LogP) is 3.87. The molecule has 0 aliphatic carbocycles. The monoisotopic (exact) mass is 314 g/mol. The fraction of sp³-hybridized carbons (Fsp3) is 0.167. The van der Waals surface area contributed by atoms with E-state index in [0.717, 1.165) is 17.7 Å². The molecule has 0 bridgehead atoms. The van der Waals surface area contributed by atoms with Gasteiger partial charge in [-0.05, 0) is 18.1 Å². The summed E-state index contributed by atoms with van der Waals surface area (Å²) in [5, 5.41) is 9.05. The SMILES string of the molecule is OCCCn1c(/C=C/c2ccccc2)nc2cc(F)c(F)cc21. The molecule has 3 nitrogen and oxygen atoms in total. The Morgan fingerprint density at radius 3 is 2.52 bits per heavy atom. The van der Waals surface area contributed by atoms with Gasteiger partial charge in [-0.3, -0.25) is 0 Å². The van der Waals surface area contributed by atoms with Crippen LogP contribution in [0.4, 0.5) is 8.78 Å². The first kappa shape index (κ1) is 15.4. The number of nitrogens with zero attached hydrogens (tertiary/aromatic N) is 2. The zero-order valence-electron chi connectivity index (χ0n) is 12.4. The van der Waals surface area contributed by atoms with Gasteiger partial charge in [-0.2, -0.15) is 0 Å². The van der Waals surface area contributed by atoms with E-state index < -0.39 is 11.6 Å². The molecule has 1 heterocycles. The van der Waals surface area contributed by atoms with E-state index in [1.807, 2.05) is 42.5 Å². The lowest BCUT2D eigenvalue weighted by Gasteiger charge is -2.06. The smallest absolute Gasteiger partial charge is 0.161 e. The summed E-state index contributed by atoms with van der Waals surface area (Å²) in [6.07, 6.45) is 4.21. The van der Waals surface area contributed by atoms with E-state index in [4.69, 9.17) is 5.11 Å². The van der Waals surface area contributed by atoms with Gasteiger partial charge in [0.25, 0.3) is 0 Å². The van der Waals surface area contributed by atoms with Crippen molar-refractivity contribution in [3.63, 3.8) is 0 Å². The number of hydrogen-bond donors (Lipinski definition) is 1. The zero-order chi connectivity index (χ0) is 16.2. The second-order valence-electron chi connectivity index (χ2n) is 5.20. The highest BCUT2D eigenvalue weighted by Crippen LogP contribution is 2.22. The van der Waals surface area contributed by atoms with Crippen LogP contribution in [0, 0.1) is 11.6 Å². The summed E-state index contributed by atoms with van der Waals surface area (Å²) in [5.74, 6) is -1.22. The van der Waals surface area contributed by atoms with Gasteiger partial charge in [-0.1, -0.05) is 36.4 Å². The molecule has 3 aromatic rings. The van der Waals surface area contributed by atoms with E-state index in [9.17, 15) is 8.78 Å². The molecule has 23 heavy (non-hydrogen) atoms. The van der Waals surface area contributed by atoms with Crippen LogP contribution in [-0.4, -0.2) is 21.3 Å². The number of aliphatic hydroxyl groups excluding tert-OH is 1. The summed E-state index contributed by atoms with van der Waals surface area (Å²) in [6, 6.07) is 11.9. The number of aryl methyl sites for hydroxylation is 1. The van der Waals surface area contributed by atoms with Crippen LogP contribution < -0.4 is 0 Å². The minimum atomic E-state index is -0.914. The summed E-state index contributed by atoms with van der Waals surface area (Å²) >= 11 is 0. The Bertz CT molecular complexity index is 841. The van der Waals surface area contributed by atoms with E-state index >= 15 is 0 Å². The van der Waals surface area contributed by atoms with E-state index in [1.54, 1.807) is 4.57 Å². The molecule has 5 heteroatoms. The van der Waals surface area contributed by atoms with Crippen molar-refractivity contribution in [2.24, 2.45) is 0 Å². The molecule has 2 aromatic carbocycles. The van der Waals surface area contributed by atoms with Crippen molar-refractivity contribution in [2.45, 2.75) is 13.0 Å². The molecule has 1 aromatic heterocycles. The van der Waals surface area contributed by atoms with Crippen molar-refractivity contribution in [3.05, 3.63) is 65.5 Å². The predicted molar refractivity (Wildman–Crippen MR) is 86.7 cm³/mol. The zero-order valence-corrected chi connectivity index (χ0v) is 12.4. The van der Waals surface area contributed by atoms with E-state index in [1.165, 1.54) is 0 Å². The van der Waals surface area contributed by atoms with Gasteiger partial charge < -0.3 is 9.67 Å². The molecule has 118 valence electrons. The number of halogens is 2. The third-order valence-electron chi connectivity index (χ3n) is 3.58. The van der Waals surface area contributed by atoms with Crippen molar-refractivity contribution >= 4 is 23.2 Å². The third kappa shape index (κ3) is 3.29. The second kappa shape index (κ2) is 6.71. The molecule has 0 saturated heterocycles. The summed E-state index contributed by atoms with van der Waals surface area (Å²) in [7, 11) is 0. The first-order valence-electron chi connectivity index (χ1n) is 7.38. The van der Waals surface area contributed by atoms with Crippen molar-refractivity contribution in [1.82, 2.24) is 9.55 Å². The summed E-state index contributed by atoms with van der Waals surface area (Å²) in [5.41, 5.74) is 1.92. The average Bonchev–Trinajstić information content (AvgIpc) is 2.89. The lowest BCUT2D eigenvalue weighted by molar-refractivity contribution is 0.280. The van der Waals surface area contributed by atoms with E-state index in [2.05, 4.69) is 4.98 Å². The molecular formula is C18H16F2N2O. The quantitative estimate of drug-likeness (QED) is 0.776. The fourth-order valence-electron chi connectivity index (χ4n) is 2.46. The summed E-state index contributed by atoms with van der Waals surface area (Å²) in [4.78, 5) is 4.37. The Balaban J connectivity index is 2.05. The molecule has 0 saturated carbocycles. The maximum Gasteiger partial charge on any atom is 0.161 e. The van der Waals surface area contributed by atoms with Gasteiger partial charge in [-0.25, -0.2) is 13.8 Å². The van der Waals surface area contributed by atoms with Crippen LogP contribution in [0.1, 0.15) is 17.8 Å². The Morgan fingerprint density at radius 2 is 1.78 bits per heavy atom. The highest BCUT2D eigenvalue weighted by atomic mass is 19.2. The van der Waals surface area contributed by atoms with Crippen LogP contribution in [0.15, 0.2) is 42.5 Å². The Labute approximate surface area is 132 Å². The molecule has 0 radical (unpaired) electrons. The molecule has 3 rings (SSSR count). The van der Waals surface area contributed by atoms with Crippen LogP contribution in [0.2, 0.25) is 0 Å². The van der Waals surface area contributed by atoms with Crippen LogP contribution in [0.5, 0.6) is 0 Å². The number of aliphatic hydroxyl groups is 1. The molecule has 0 amide bonds. The minimum Gasteiger partial charge on any atom is -0.396 e. The summed E-state index contributed by atoms with van der Waals surface area (Å²) in [6.45, 7) is 0.498. The van der Waals surface area contributed by atoms with Crippen LogP contribution in [0.25, 0.3) is 23.2 Å². The maximum absolute atomic E-state index is 13.5. The molecule has 0 fully saturated rings. The molecule has 1 N–H and O–H groups in total. The van der Waals surface area contributed by atoms with Gasteiger partial charge >= 0.3 is 0 Å². The van der Waals surface area contributed by atoms with Crippen molar-refractivity contribution in [3.8, 4) is 0 Å². The number of hydrogen-bond acceptors (Lipinski definition) is 2. The highest BCUT2D eigenvalue weighted by molar-refractivity contribution is 5.80. The van der Waals surface area contributed by atoms with Crippen molar-refractivity contribution < 1.29 is 13.9 Å². The number of benzene rings is 2. The molecule has 0 aliphatic heterocycles. The Morgan fingerprint density at radius 1 is 1.04 bits per heavy atom. The van der Waals surface area contributed by atoms with Crippen molar-refractivity contribution in [1.29, 1.82) is 0 Å². The van der Waals surface area contributed by atoms with Crippen LogP contribution in [-0.2, 0) is 6.54 Å². The topological polar surface area (TPSA) is 38.0 Å². The molecule has 0 aliphatic rings. The van der Waals surface area contributed by atoms with Crippen LogP contribution in [0.3, 0.4) is 0 Å². The molecule has 0 unspecified atom stereocenters. The van der Waals surface area contributed by atoms with Gasteiger partial charge in [0.05, 0.1) is 11.0 Å². The second-order valence-corrected chi connectivity index (χ2v) is 5.20. The molecule has 0 spiro atoms. The fourth-order valence-corrected chi connectivity index (χ4v) is 2.46. The van der Waals surface area contributed by atoms with Gasteiger partial charge in [0.15, 0.2) is 11.6 Å². The lowest BCUT2D eigenvalue weighted by Crippen LogP contribution is -2.02. The molecular weight excluding hydrogens is 298 g/mol. The van der Waals surface area contributed by atoms with Gasteiger partial charge in [0.2, 0.25) is 0 Å². The van der Waals surface area contributed by atoms with E-state index in [-0.39, 0.29) is 6.61 Å². The Hall–Kier alpha value is -2.53. The van der Waals surface area contributed by atoms with Gasteiger partial charge in [0.1, 0.15) is 5.82 Å². The number of fused-ring (bicyclic) bond motifs is 1. The first-order chi connectivity index (χ1) is 11.2. The molecule has 0 atom stereocenters.